The molecule has 1 unspecified atom stereocenters. The van der Waals surface area contributed by atoms with Crippen LogP contribution in [0.3, 0.4) is 0 Å². The average molecular weight is 429 g/mol. The SMILES string of the molecule is Cc1nn(-c2ncnc3nc[nH]c23)c2c1C(c1ccccc1OC(F)(F)F)CC(=O)N2. The summed E-state index contributed by atoms with van der Waals surface area (Å²) in [5.74, 6) is -0.723. The summed E-state index contributed by atoms with van der Waals surface area (Å²) >= 11 is 0. The van der Waals surface area contributed by atoms with Crippen molar-refractivity contribution in [1.29, 1.82) is 0 Å². The highest BCUT2D eigenvalue weighted by Gasteiger charge is 2.37. The van der Waals surface area contributed by atoms with Gasteiger partial charge in [0.15, 0.2) is 11.5 Å². The van der Waals surface area contributed by atoms with Crippen LogP contribution in [0, 0.1) is 6.92 Å². The molecule has 4 heterocycles. The molecule has 31 heavy (non-hydrogen) atoms. The average Bonchev–Trinajstić information content (AvgIpc) is 3.31. The lowest BCUT2D eigenvalue weighted by atomic mass is 9.85. The predicted octanol–water partition coefficient (Wildman–Crippen LogP) is 3.22. The number of rotatable bonds is 3. The van der Waals surface area contributed by atoms with Gasteiger partial charge in [-0.1, -0.05) is 18.2 Å². The lowest BCUT2D eigenvalue weighted by Gasteiger charge is -2.26. The quantitative estimate of drug-likeness (QED) is 0.517. The van der Waals surface area contributed by atoms with Crippen LogP contribution in [0.15, 0.2) is 36.9 Å². The molecule has 0 fully saturated rings. The van der Waals surface area contributed by atoms with Crippen molar-refractivity contribution in [1.82, 2.24) is 29.7 Å². The Morgan fingerprint density at radius 1 is 1.19 bits per heavy atom. The summed E-state index contributed by atoms with van der Waals surface area (Å²) in [4.78, 5) is 27.9. The van der Waals surface area contributed by atoms with Gasteiger partial charge in [0.1, 0.15) is 23.4 Å². The third kappa shape index (κ3) is 3.25. The van der Waals surface area contributed by atoms with Crippen molar-refractivity contribution < 1.29 is 22.7 Å². The van der Waals surface area contributed by atoms with Crippen LogP contribution in [0.25, 0.3) is 17.0 Å². The van der Waals surface area contributed by atoms with Crippen LogP contribution in [0.1, 0.15) is 29.2 Å². The number of benzene rings is 1. The van der Waals surface area contributed by atoms with Crippen LogP contribution >= 0.6 is 0 Å². The molecule has 0 saturated carbocycles. The lowest BCUT2D eigenvalue weighted by Crippen LogP contribution is -2.26. The molecular weight excluding hydrogens is 415 g/mol. The maximum absolute atomic E-state index is 12.9. The Kier molecular flexibility index (Phi) is 4.17. The molecule has 5 rings (SSSR count). The zero-order chi connectivity index (χ0) is 21.8. The van der Waals surface area contributed by atoms with E-state index in [9.17, 15) is 18.0 Å². The zero-order valence-corrected chi connectivity index (χ0v) is 15.9. The Bertz CT molecular complexity index is 1310. The van der Waals surface area contributed by atoms with Crippen LogP contribution in [0.5, 0.6) is 5.75 Å². The standard InChI is InChI=1S/C19H14F3N7O2/c1-9-14-11(10-4-2-3-5-12(10)31-19(20,21)22)6-13(30)27-17(14)29(28-9)18-15-16(24-7-23-15)25-8-26-18/h2-5,7-8,11H,6H2,1H3,(H,27,30)(H,23,24,25,26). The third-order valence-corrected chi connectivity index (χ3v) is 5.03. The van der Waals surface area contributed by atoms with Crippen molar-refractivity contribution in [3.05, 3.63) is 53.7 Å². The van der Waals surface area contributed by atoms with Gasteiger partial charge in [-0.05, 0) is 13.0 Å². The summed E-state index contributed by atoms with van der Waals surface area (Å²) < 4.78 is 44.5. The number of para-hydroxylation sites is 1. The first-order chi connectivity index (χ1) is 14.8. The molecule has 158 valence electrons. The molecule has 0 bridgehead atoms. The molecule has 3 aromatic heterocycles. The number of halogens is 3. The second-order valence-corrected chi connectivity index (χ2v) is 6.95. The second-order valence-electron chi connectivity index (χ2n) is 6.95. The first-order valence-electron chi connectivity index (χ1n) is 9.20. The highest BCUT2D eigenvalue weighted by atomic mass is 19.4. The smallest absolute Gasteiger partial charge is 0.405 e. The minimum atomic E-state index is -4.86. The fraction of sp³-hybridized carbons (Fsp3) is 0.211. The minimum absolute atomic E-state index is 0.0546. The summed E-state index contributed by atoms with van der Waals surface area (Å²) in [6.07, 6.45) is -2.14. The van der Waals surface area contributed by atoms with Crippen molar-refractivity contribution in [2.24, 2.45) is 0 Å². The van der Waals surface area contributed by atoms with E-state index in [0.29, 0.717) is 34.1 Å². The molecule has 1 aromatic carbocycles. The second kappa shape index (κ2) is 6.79. The number of ether oxygens (including phenoxy) is 1. The Labute approximate surface area is 172 Å². The van der Waals surface area contributed by atoms with E-state index in [4.69, 9.17) is 0 Å². The number of nitrogens with zero attached hydrogens (tertiary/aromatic N) is 5. The summed E-state index contributed by atoms with van der Waals surface area (Å²) in [7, 11) is 0. The van der Waals surface area contributed by atoms with E-state index in [0.717, 1.165) is 0 Å². The van der Waals surface area contributed by atoms with Gasteiger partial charge in [-0.15, -0.1) is 13.2 Å². The Morgan fingerprint density at radius 2 is 2.00 bits per heavy atom. The van der Waals surface area contributed by atoms with Crippen molar-refractivity contribution in [3.63, 3.8) is 0 Å². The monoisotopic (exact) mass is 429 g/mol. The Morgan fingerprint density at radius 3 is 2.81 bits per heavy atom. The summed E-state index contributed by atoms with van der Waals surface area (Å²) in [5.41, 5.74) is 2.28. The molecule has 1 aliphatic heterocycles. The van der Waals surface area contributed by atoms with Crippen LogP contribution in [-0.4, -0.2) is 42.0 Å². The molecule has 0 aliphatic carbocycles. The van der Waals surface area contributed by atoms with Crippen LogP contribution in [-0.2, 0) is 4.79 Å². The van der Waals surface area contributed by atoms with Gasteiger partial charge in [-0.2, -0.15) is 9.78 Å². The number of alkyl halides is 3. The van der Waals surface area contributed by atoms with Crippen molar-refractivity contribution in [2.75, 3.05) is 5.32 Å². The fourth-order valence-corrected chi connectivity index (χ4v) is 3.86. The largest absolute Gasteiger partial charge is 0.573 e. The van der Waals surface area contributed by atoms with E-state index in [-0.39, 0.29) is 23.6 Å². The number of hydrogen-bond donors (Lipinski definition) is 2. The van der Waals surface area contributed by atoms with Crippen LogP contribution in [0.4, 0.5) is 19.0 Å². The van der Waals surface area contributed by atoms with Gasteiger partial charge in [-0.3, -0.25) is 4.79 Å². The van der Waals surface area contributed by atoms with E-state index >= 15 is 0 Å². The van der Waals surface area contributed by atoms with E-state index in [2.05, 4.69) is 35.1 Å². The summed E-state index contributed by atoms with van der Waals surface area (Å²) in [6, 6.07) is 5.79. The van der Waals surface area contributed by atoms with Crippen LogP contribution < -0.4 is 10.1 Å². The minimum Gasteiger partial charge on any atom is -0.405 e. The lowest BCUT2D eigenvalue weighted by molar-refractivity contribution is -0.274. The molecule has 0 spiro atoms. The fourth-order valence-electron chi connectivity index (χ4n) is 3.86. The number of aryl methyl sites for hydroxylation is 1. The first kappa shape index (κ1) is 19.0. The first-order valence-corrected chi connectivity index (χ1v) is 9.20. The van der Waals surface area contributed by atoms with Gasteiger partial charge in [0, 0.05) is 23.5 Å². The van der Waals surface area contributed by atoms with E-state index < -0.39 is 12.3 Å². The van der Waals surface area contributed by atoms with Gasteiger partial charge in [0.2, 0.25) is 5.91 Å². The molecule has 9 nitrogen and oxygen atoms in total. The maximum Gasteiger partial charge on any atom is 0.573 e. The van der Waals surface area contributed by atoms with Gasteiger partial charge in [0.05, 0.1) is 12.0 Å². The van der Waals surface area contributed by atoms with Crippen LogP contribution in [0.2, 0.25) is 0 Å². The molecule has 0 saturated heterocycles. The number of H-pyrrole nitrogens is 1. The van der Waals surface area contributed by atoms with Gasteiger partial charge in [-0.25, -0.2) is 15.0 Å². The summed E-state index contributed by atoms with van der Waals surface area (Å²) in [5, 5.41) is 7.28. The van der Waals surface area contributed by atoms with E-state index in [1.165, 1.54) is 35.5 Å². The zero-order valence-electron chi connectivity index (χ0n) is 15.9. The molecular formula is C19H14F3N7O2. The molecule has 1 amide bonds. The molecule has 1 aliphatic rings. The molecule has 1 atom stereocenters. The number of amides is 1. The number of anilines is 1. The van der Waals surface area contributed by atoms with Crippen molar-refractivity contribution >= 4 is 22.9 Å². The molecule has 12 heteroatoms. The van der Waals surface area contributed by atoms with E-state index in [1.54, 1.807) is 13.0 Å². The predicted molar refractivity (Wildman–Crippen MR) is 102 cm³/mol. The van der Waals surface area contributed by atoms with Gasteiger partial charge >= 0.3 is 6.36 Å². The number of aromatic amines is 1. The Hall–Kier alpha value is -3.96. The number of nitrogens with one attached hydrogen (secondary N) is 2. The van der Waals surface area contributed by atoms with Gasteiger partial charge in [0.25, 0.3) is 0 Å². The maximum atomic E-state index is 12.9. The van der Waals surface area contributed by atoms with E-state index in [1.807, 2.05) is 0 Å². The highest BCUT2D eigenvalue weighted by molar-refractivity contribution is 5.95. The molecule has 0 radical (unpaired) electrons. The number of hydrogen-bond acceptors (Lipinski definition) is 6. The summed E-state index contributed by atoms with van der Waals surface area (Å²) in [6.45, 7) is 1.72. The number of aromatic nitrogens is 6. The number of carbonyl (C=O) groups excluding carboxylic acids is 1. The third-order valence-electron chi connectivity index (χ3n) is 5.03. The topological polar surface area (TPSA) is 111 Å². The van der Waals surface area contributed by atoms with Crippen molar-refractivity contribution in [2.45, 2.75) is 25.6 Å². The number of fused-ring (bicyclic) bond motifs is 2. The Balaban J connectivity index is 1.69. The number of carbonyl (C=O) groups is 1. The van der Waals surface area contributed by atoms with Gasteiger partial charge < -0.3 is 15.0 Å². The normalized spacial score (nSPS) is 16.3. The molecule has 4 aromatic rings. The molecule has 2 N–H and O–H groups in total. The highest BCUT2D eigenvalue weighted by Crippen LogP contribution is 2.44. The number of imidazole rings is 1. The van der Waals surface area contributed by atoms with Crippen molar-refractivity contribution in [3.8, 4) is 11.6 Å².